The Kier molecular flexibility index (Phi) is 7.42. The molecule has 35 heavy (non-hydrogen) atoms. The van der Waals surface area contributed by atoms with Crippen molar-refractivity contribution in [2.75, 3.05) is 25.5 Å². The van der Waals surface area contributed by atoms with Crippen LogP contribution in [0.5, 0.6) is 11.5 Å². The Balaban J connectivity index is 1.52. The molecule has 0 aliphatic carbocycles. The Morgan fingerprint density at radius 3 is 2.57 bits per heavy atom. The number of methoxy groups -OCH3 is 1. The van der Waals surface area contributed by atoms with Crippen LogP contribution in [0.4, 0.5) is 5.69 Å². The number of hydrogen-bond donors (Lipinski definition) is 1. The maximum Gasteiger partial charge on any atom is 0.255 e. The van der Waals surface area contributed by atoms with Gasteiger partial charge in [0.2, 0.25) is 10.0 Å². The molecule has 1 fully saturated rings. The van der Waals surface area contributed by atoms with Crippen molar-refractivity contribution in [2.24, 2.45) is 0 Å². The molecule has 2 heterocycles. The van der Waals surface area contributed by atoms with Crippen molar-refractivity contribution in [1.29, 1.82) is 0 Å². The zero-order chi connectivity index (χ0) is 25.0. The van der Waals surface area contributed by atoms with Crippen LogP contribution in [0.15, 0.2) is 51.9 Å². The van der Waals surface area contributed by atoms with Gasteiger partial charge in [0.05, 0.1) is 29.0 Å². The number of nitrogens with one attached hydrogen (secondary N) is 1. The Morgan fingerprint density at radius 2 is 1.89 bits per heavy atom. The van der Waals surface area contributed by atoms with Gasteiger partial charge in [-0.15, -0.1) is 0 Å². The van der Waals surface area contributed by atoms with E-state index in [0.717, 1.165) is 30.5 Å². The zero-order valence-electron chi connectivity index (χ0n) is 20.0. The summed E-state index contributed by atoms with van der Waals surface area (Å²) < 4.78 is 44.0. The normalized spacial score (nSPS) is 14.5. The molecule has 186 valence electrons. The summed E-state index contributed by atoms with van der Waals surface area (Å²) in [6.07, 6.45) is 2.71. The van der Waals surface area contributed by atoms with Gasteiger partial charge in [-0.25, -0.2) is 8.42 Å². The van der Waals surface area contributed by atoms with Crippen molar-refractivity contribution < 1.29 is 27.2 Å². The van der Waals surface area contributed by atoms with Gasteiger partial charge < -0.3 is 19.3 Å². The number of rotatable bonds is 8. The summed E-state index contributed by atoms with van der Waals surface area (Å²) in [5, 5.41) is 6.70. The molecule has 0 radical (unpaired) electrons. The minimum absolute atomic E-state index is 0.118. The molecule has 10 heteroatoms. The summed E-state index contributed by atoms with van der Waals surface area (Å²) in [7, 11) is -2.19. The van der Waals surface area contributed by atoms with E-state index in [4.69, 9.17) is 14.0 Å². The van der Waals surface area contributed by atoms with Crippen molar-refractivity contribution >= 4 is 21.6 Å². The Hall–Kier alpha value is -3.37. The third-order valence-electron chi connectivity index (χ3n) is 6.03. The van der Waals surface area contributed by atoms with E-state index in [2.05, 4.69) is 10.5 Å². The molecule has 0 atom stereocenters. The lowest BCUT2D eigenvalue weighted by atomic mass is 10.2. The van der Waals surface area contributed by atoms with Crippen molar-refractivity contribution in [3.05, 3.63) is 65.0 Å². The lowest BCUT2D eigenvalue weighted by Gasteiger charge is -2.26. The second kappa shape index (κ2) is 10.5. The lowest BCUT2D eigenvalue weighted by molar-refractivity contribution is 0.102. The van der Waals surface area contributed by atoms with Gasteiger partial charge in [-0.1, -0.05) is 17.6 Å². The van der Waals surface area contributed by atoms with E-state index in [-0.39, 0.29) is 17.2 Å². The van der Waals surface area contributed by atoms with E-state index in [0.29, 0.717) is 35.9 Å². The fraction of sp³-hybridized carbons (Fsp3) is 0.360. The number of carbonyl (C=O) groups is 1. The first-order chi connectivity index (χ1) is 16.8. The summed E-state index contributed by atoms with van der Waals surface area (Å²) in [6.45, 7) is 4.91. The van der Waals surface area contributed by atoms with Crippen LogP contribution in [-0.2, 0) is 16.6 Å². The molecule has 1 amide bonds. The fourth-order valence-electron chi connectivity index (χ4n) is 3.98. The molecule has 1 saturated heterocycles. The fourth-order valence-corrected chi connectivity index (χ4v) is 5.53. The molecule has 0 saturated carbocycles. The van der Waals surface area contributed by atoms with Crippen LogP contribution in [0.3, 0.4) is 0 Å². The van der Waals surface area contributed by atoms with Gasteiger partial charge in [0, 0.05) is 18.7 Å². The topological polar surface area (TPSA) is 111 Å². The Labute approximate surface area is 205 Å². The molecule has 4 rings (SSSR count). The minimum Gasteiger partial charge on any atom is -0.495 e. The number of hydrogen-bond acceptors (Lipinski definition) is 7. The van der Waals surface area contributed by atoms with E-state index in [1.165, 1.54) is 23.5 Å². The van der Waals surface area contributed by atoms with Crippen molar-refractivity contribution in [1.82, 2.24) is 9.46 Å². The van der Waals surface area contributed by atoms with E-state index >= 15 is 0 Å². The third-order valence-corrected chi connectivity index (χ3v) is 7.93. The molecule has 1 aliphatic rings. The highest BCUT2D eigenvalue weighted by molar-refractivity contribution is 7.89. The van der Waals surface area contributed by atoms with Gasteiger partial charge in [-0.2, -0.15) is 4.31 Å². The van der Waals surface area contributed by atoms with Gasteiger partial charge in [0.1, 0.15) is 23.9 Å². The first kappa shape index (κ1) is 24.7. The highest BCUT2D eigenvalue weighted by Crippen LogP contribution is 2.30. The van der Waals surface area contributed by atoms with Gasteiger partial charge in [-0.3, -0.25) is 4.79 Å². The number of benzene rings is 2. The van der Waals surface area contributed by atoms with Gasteiger partial charge in [0.25, 0.3) is 5.91 Å². The SMILES string of the molecule is COc1ccc(S(=O)(=O)N2CCCCC2)cc1NC(=O)c1cccc(OCc2c(C)noc2C)c1. The van der Waals surface area contributed by atoms with Crippen LogP contribution < -0.4 is 14.8 Å². The summed E-state index contributed by atoms with van der Waals surface area (Å²) in [5.74, 6) is 1.13. The third kappa shape index (κ3) is 5.49. The second-order valence-corrected chi connectivity index (χ2v) is 10.3. The second-order valence-electron chi connectivity index (χ2n) is 8.40. The Morgan fingerprint density at radius 1 is 1.11 bits per heavy atom. The van der Waals surface area contributed by atoms with E-state index in [1.54, 1.807) is 30.3 Å². The number of carbonyl (C=O) groups excluding carboxylic acids is 1. The number of aromatic nitrogens is 1. The number of amides is 1. The minimum atomic E-state index is -3.66. The van der Waals surface area contributed by atoms with Crippen molar-refractivity contribution in [2.45, 2.75) is 44.6 Å². The van der Waals surface area contributed by atoms with Crippen LogP contribution in [0.2, 0.25) is 0 Å². The van der Waals surface area contributed by atoms with E-state index in [9.17, 15) is 13.2 Å². The number of nitrogens with zero attached hydrogens (tertiary/aromatic N) is 2. The summed E-state index contributed by atoms with van der Waals surface area (Å²) in [4.78, 5) is 13.1. The van der Waals surface area contributed by atoms with Crippen LogP contribution in [0.25, 0.3) is 0 Å². The number of anilines is 1. The van der Waals surface area contributed by atoms with Crippen LogP contribution in [0, 0.1) is 13.8 Å². The highest BCUT2D eigenvalue weighted by atomic mass is 32.2. The number of piperidine rings is 1. The van der Waals surface area contributed by atoms with Crippen molar-refractivity contribution in [3.8, 4) is 11.5 Å². The average Bonchev–Trinajstić information content (AvgIpc) is 3.20. The van der Waals surface area contributed by atoms with Crippen molar-refractivity contribution in [3.63, 3.8) is 0 Å². The largest absolute Gasteiger partial charge is 0.495 e. The first-order valence-electron chi connectivity index (χ1n) is 11.4. The number of aryl methyl sites for hydroxylation is 2. The van der Waals surface area contributed by atoms with Gasteiger partial charge in [-0.05, 0) is 63.1 Å². The number of ether oxygens (including phenoxy) is 2. The van der Waals surface area contributed by atoms with Crippen LogP contribution in [-0.4, -0.2) is 44.0 Å². The first-order valence-corrected chi connectivity index (χ1v) is 12.9. The lowest BCUT2D eigenvalue weighted by Crippen LogP contribution is -2.35. The molecule has 1 aromatic heterocycles. The standard InChI is InChI=1S/C25H29N3O6S/c1-17-22(18(2)34-27-17)16-33-20-9-7-8-19(14-20)25(29)26-23-15-21(10-11-24(23)32-3)35(30,31)28-12-5-4-6-13-28/h7-11,14-15H,4-6,12-13,16H2,1-3H3,(H,26,29). The van der Waals surface area contributed by atoms with E-state index in [1.807, 2.05) is 13.8 Å². The molecule has 0 spiro atoms. The maximum atomic E-state index is 13.1. The highest BCUT2D eigenvalue weighted by Gasteiger charge is 2.27. The predicted molar refractivity (Wildman–Crippen MR) is 130 cm³/mol. The molecular formula is C25H29N3O6S. The summed E-state index contributed by atoms with van der Waals surface area (Å²) in [5.41, 5.74) is 2.24. The molecular weight excluding hydrogens is 470 g/mol. The molecule has 2 aromatic carbocycles. The average molecular weight is 500 g/mol. The summed E-state index contributed by atoms with van der Waals surface area (Å²) >= 11 is 0. The molecule has 1 aliphatic heterocycles. The monoisotopic (exact) mass is 499 g/mol. The molecule has 3 aromatic rings. The molecule has 9 nitrogen and oxygen atoms in total. The van der Waals surface area contributed by atoms with Crippen LogP contribution >= 0.6 is 0 Å². The predicted octanol–water partition coefficient (Wildman–Crippen LogP) is 4.31. The smallest absolute Gasteiger partial charge is 0.255 e. The molecule has 1 N–H and O–H groups in total. The van der Waals surface area contributed by atoms with Crippen LogP contribution in [0.1, 0.15) is 46.6 Å². The molecule has 0 unspecified atom stereocenters. The molecule has 0 bridgehead atoms. The Bertz CT molecular complexity index is 1290. The van der Waals surface area contributed by atoms with E-state index < -0.39 is 15.9 Å². The summed E-state index contributed by atoms with van der Waals surface area (Å²) in [6, 6.07) is 11.2. The van der Waals surface area contributed by atoms with Gasteiger partial charge >= 0.3 is 0 Å². The zero-order valence-corrected chi connectivity index (χ0v) is 20.9. The quantitative estimate of drug-likeness (QED) is 0.492. The number of sulfonamides is 1. The van der Waals surface area contributed by atoms with Gasteiger partial charge in [0.15, 0.2) is 0 Å². The maximum absolute atomic E-state index is 13.1.